The van der Waals surface area contributed by atoms with E-state index >= 15 is 0 Å². The summed E-state index contributed by atoms with van der Waals surface area (Å²) in [6.45, 7) is 5.72. The summed E-state index contributed by atoms with van der Waals surface area (Å²) in [7, 11) is -2.74. The van der Waals surface area contributed by atoms with Gasteiger partial charge in [0.25, 0.3) is 11.2 Å². The number of nitro benzene ring substituents is 1. The Morgan fingerprint density at radius 1 is 1.04 bits per heavy atom. The molecule has 0 amide bonds. The second kappa shape index (κ2) is 13.6. The van der Waals surface area contributed by atoms with Gasteiger partial charge in [0.2, 0.25) is 0 Å². The van der Waals surface area contributed by atoms with Crippen molar-refractivity contribution >= 4 is 39.2 Å². The van der Waals surface area contributed by atoms with Gasteiger partial charge in [-0.15, -0.1) is 0 Å². The van der Waals surface area contributed by atoms with Gasteiger partial charge < -0.3 is 18.4 Å². The summed E-state index contributed by atoms with van der Waals surface area (Å²) in [6.07, 6.45) is 1.62. The van der Waals surface area contributed by atoms with E-state index in [4.69, 9.17) is 18.4 Å². The highest BCUT2D eigenvalue weighted by molar-refractivity contribution is 7.87. The van der Waals surface area contributed by atoms with Gasteiger partial charge in [-0.05, 0) is 74.4 Å². The lowest BCUT2D eigenvalue weighted by atomic mass is 9.95. The molecule has 15 heteroatoms. The van der Waals surface area contributed by atoms with Crippen molar-refractivity contribution in [1.82, 2.24) is 4.57 Å². The minimum Gasteiger partial charge on any atom is -0.493 e. The summed E-state index contributed by atoms with van der Waals surface area (Å²) in [5, 5.41) is 10.9. The number of fused-ring (bicyclic) bond motifs is 1. The third-order valence-corrected chi connectivity index (χ3v) is 9.28. The second-order valence-corrected chi connectivity index (χ2v) is 12.6. The first-order valence-corrected chi connectivity index (χ1v) is 16.5. The Morgan fingerprint density at radius 2 is 1.74 bits per heavy atom. The van der Waals surface area contributed by atoms with Gasteiger partial charge in [-0.2, -0.15) is 8.42 Å². The van der Waals surface area contributed by atoms with Crippen molar-refractivity contribution in [3.05, 3.63) is 119 Å². The molecular weight excluding hydrogens is 650 g/mol. The van der Waals surface area contributed by atoms with E-state index in [1.807, 2.05) is 6.92 Å². The van der Waals surface area contributed by atoms with Gasteiger partial charge in [-0.1, -0.05) is 29.5 Å². The molecule has 0 radical (unpaired) electrons. The van der Waals surface area contributed by atoms with E-state index in [-0.39, 0.29) is 28.5 Å². The van der Waals surface area contributed by atoms with E-state index in [9.17, 15) is 28.1 Å². The van der Waals surface area contributed by atoms with Crippen molar-refractivity contribution < 1.29 is 36.5 Å². The number of non-ortho nitro benzene ring substituents is 1. The molecule has 1 atom stereocenters. The van der Waals surface area contributed by atoms with Gasteiger partial charge in [-0.25, -0.2) is 9.79 Å². The number of carbonyl (C=O) groups is 1. The third kappa shape index (κ3) is 6.80. The van der Waals surface area contributed by atoms with Crippen LogP contribution in [0.5, 0.6) is 17.2 Å². The molecule has 13 nitrogen and oxygen atoms in total. The molecule has 5 rings (SSSR count). The second-order valence-electron chi connectivity index (χ2n) is 10.0. The van der Waals surface area contributed by atoms with Crippen LogP contribution in [0.3, 0.4) is 0 Å². The van der Waals surface area contributed by atoms with E-state index in [2.05, 4.69) is 4.99 Å². The van der Waals surface area contributed by atoms with Gasteiger partial charge >= 0.3 is 16.1 Å². The molecule has 3 aromatic carbocycles. The molecule has 0 aliphatic carbocycles. The highest BCUT2D eigenvalue weighted by Gasteiger charge is 2.34. The van der Waals surface area contributed by atoms with Crippen LogP contribution in [-0.4, -0.2) is 44.2 Å². The lowest BCUT2D eigenvalue weighted by Crippen LogP contribution is -2.40. The van der Waals surface area contributed by atoms with E-state index in [1.54, 1.807) is 50.3 Å². The Balaban J connectivity index is 1.52. The third-order valence-electron chi connectivity index (χ3n) is 7.04. The molecular formula is C32H29N3O10S2. The largest absolute Gasteiger partial charge is 0.493 e. The van der Waals surface area contributed by atoms with Crippen molar-refractivity contribution in [2.24, 2.45) is 4.99 Å². The summed E-state index contributed by atoms with van der Waals surface area (Å²) in [6, 6.07) is 14.6. The molecule has 47 heavy (non-hydrogen) atoms. The van der Waals surface area contributed by atoms with Crippen molar-refractivity contribution in [3.63, 3.8) is 0 Å². The van der Waals surface area contributed by atoms with E-state index < -0.39 is 32.6 Å². The summed E-state index contributed by atoms with van der Waals surface area (Å²) >= 11 is 1.13. The van der Waals surface area contributed by atoms with Crippen LogP contribution >= 0.6 is 11.3 Å². The predicted octanol–water partition coefficient (Wildman–Crippen LogP) is 3.88. The Morgan fingerprint density at radius 3 is 2.36 bits per heavy atom. The lowest BCUT2D eigenvalue weighted by molar-refractivity contribution is -0.384. The number of allylic oxidation sites excluding steroid dienone is 1. The Hall–Kier alpha value is -5.28. The summed E-state index contributed by atoms with van der Waals surface area (Å²) < 4.78 is 48.9. The van der Waals surface area contributed by atoms with Crippen LogP contribution in [0.2, 0.25) is 0 Å². The normalized spacial score (nSPS) is 14.6. The molecule has 0 N–H and O–H groups in total. The first kappa shape index (κ1) is 33.1. The fourth-order valence-corrected chi connectivity index (χ4v) is 6.90. The molecule has 4 aromatic rings. The first-order valence-electron chi connectivity index (χ1n) is 14.3. The molecule has 0 saturated heterocycles. The lowest BCUT2D eigenvalue weighted by Gasteiger charge is -2.25. The van der Waals surface area contributed by atoms with E-state index in [0.717, 1.165) is 35.6 Å². The van der Waals surface area contributed by atoms with E-state index in [1.165, 1.54) is 23.8 Å². The van der Waals surface area contributed by atoms with Crippen molar-refractivity contribution in [1.29, 1.82) is 0 Å². The highest BCUT2D eigenvalue weighted by Crippen LogP contribution is 2.36. The van der Waals surface area contributed by atoms with Crippen LogP contribution in [-0.2, 0) is 19.6 Å². The number of methoxy groups -OCH3 is 1. The van der Waals surface area contributed by atoms with E-state index in [0.29, 0.717) is 44.3 Å². The maximum Gasteiger partial charge on any atom is 0.339 e. The number of nitrogens with zero attached hydrogens (tertiary/aromatic N) is 3. The molecule has 0 unspecified atom stereocenters. The number of hydrogen-bond donors (Lipinski definition) is 0. The average molecular weight is 680 g/mol. The van der Waals surface area contributed by atoms with Crippen molar-refractivity contribution in [2.75, 3.05) is 20.3 Å². The van der Waals surface area contributed by atoms with Crippen LogP contribution in [0.4, 0.5) is 5.69 Å². The fourth-order valence-electron chi connectivity index (χ4n) is 4.92. The molecule has 1 aliphatic heterocycles. The number of thiazole rings is 1. The standard InChI is InChI=1S/C32H29N3O10S2/c1-5-43-26-18-21(9-16-25(26)42-4)29-28(31(37)44-6-2)19(3)33-32-34(29)30(36)27(46-32)17-20-7-12-23(13-8-20)45-47(40,41)24-14-10-22(11-15-24)35(38)39/h7-18,29H,5-6H2,1-4H3/b27-17-/t29-/m1/s1. The van der Waals surface area contributed by atoms with Gasteiger partial charge in [0.1, 0.15) is 10.6 Å². The van der Waals surface area contributed by atoms with Gasteiger partial charge in [0.05, 0.1) is 47.1 Å². The van der Waals surface area contributed by atoms with Gasteiger partial charge in [-0.3, -0.25) is 19.5 Å². The average Bonchev–Trinajstić information content (AvgIpc) is 3.35. The minimum atomic E-state index is -4.26. The SMILES string of the molecule is CCOC(=O)C1=C(C)N=c2s/c(=C\c3ccc(OS(=O)(=O)c4ccc([N+](=O)[O-])cc4)cc3)c(=O)n2[C@@H]1c1ccc(OC)c(OCC)c1. The molecule has 1 aromatic heterocycles. The summed E-state index contributed by atoms with van der Waals surface area (Å²) in [5.41, 5.74) is 1.13. The van der Waals surface area contributed by atoms with Crippen LogP contribution in [0.15, 0.2) is 92.7 Å². The van der Waals surface area contributed by atoms with Gasteiger partial charge in [0, 0.05) is 12.1 Å². The number of hydrogen-bond acceptors (Lipinski definition) is 12. The zero-order valence-corrected chi connectivity index (χ0v) is 27.3. The monoisotopic (exact) mass is 679 g/mol. The molecule has 0 fully saturated rings. The van der Waals surface area contributed by atoms with Crippen LogP contribution in [0, 0.1) is 10.1 Å². The minimum absolute atomic E-state index is 0.00118. The number of aromatic nitrogens is 1. The number of ether oxygens (including phenoxy) is 3. The Labute approximate surface area is 272 Å². The molecule has 0 spiro atoms. The zero-order chi connectivity index (χ0) is 33.9. The molecule has 0 bridgehead atoms. The molecule has 0 saturated carbocycles. The summed E-state index contributed by atoms with van der Waals surface area (Å²) in [5.74, 6) is 0.349. The fraction of sp³-hybridized carbons (Fsp3) is 0.219. The number of carbonyl (C=O) groups excluding carboxylic acids is 1. The maximum absolute atomic E-state index is 14.0. The topological polar surface area (TPSA) is 166 Å². The number of esters is 1. The van der Waals surface area contributed by atoms with Crippen molar-refractivity contribution in [2.45, 2.75) is 31.7 Å². The molecule has 1 aliphatic rings. The quantitative estimate of drug-likeness (QED) is 0.0983. The maximum atomic E-state index is 14.0. The zero-order valence-electron chi connectivity index (χ0n) is 25.7. The predicted molar refractivity (Wildman–Crippen MR) is 172 cm³/mol. The smallest absolute Gasteiger partial charge is 0.339 e. The highest BCUT2D eigenvalue weighted by atomic mass is 32.2. The first-order chi connectivity index (χ1) is 22.5. The van der Waals surface area contributed by atoms with Crippen LogP contribution in [0.1, 0.15) is 37.9 Å². The number of rotatable bonds is 11. The number of nitro groups is 1. The Bertz CT molecular complexity index is 2170. The van der Waals surface area contributed by atoms with Crippen molar-refractivity contribution in [3.8, 4) is 17.2 Å². The molecule has 2 heterocycles. The molecule has 244 valence electrons. The van der Waals surface area contributed by atoms with Gasteiger partial charge in [0.15, 0.2) is 16.3 Å². The van der Waals surface area contributed by atoms with Crippen LogP contribution in [0.25, 0.3) is 6.08 Å². The Kier molecular flexibility index (Phi) is 9.58. The number of benzene rings is 3. The van der Waals surface area contributed by atoms with Crippen LogP contribution < -0.4 is 28.5 Å². The summed E-state index contributed by atoms with van der Waals surface area (Å²) in [4.78, 5) is 42.1.